The first-order chi connectivity index (χ1) is 21.6. The second-order valence-corrected chi connectivity index (χ2v) is 10.6. The van der Waals surface area contributed by atoms with Gasteiger partial charge in [-0.15, -0.1) is 0 Å². The largest absolute Gasteiger partial charge is 0.507 e. The average Bonchev–Trinajstić information content (AvgIpc) is 3.02. The number of aromatic nitrogens is 2. The number of benzene rings is 3. The molecule has 232 valence electrons. The Bertz CT molecular complexity index is 1770. The standard InChI is InChI=1S/C36H36N2O7/c1-5-29-32(35(42)44-6-2)33(27-12-8-7-9-13-27)37-36(43)38(29)22-25-17-15-24(16-18-25)19-26-11-10-14-28(20-26)30(39)21-31(40)34(41)45-23(3)4/h7-18,20-21,23,39H,5-6,19,22H2,1-4H3/b30-21-. The molecule has 45 heavy (non-hydrogen) atoms. The zero-order valence-corrected chi connectivity index (χ0v) is 25.8. The van der Waals surface area contributed by atoms with Crippen LogP contribution in [0.15, 0.2) is 89.7 Å². The number of esters is 2. The lowest BCUT2D eigenvalue weighted by Crippen LogP contribution is -2.30. The zero-order chi connectivity index (χ0) is 32.5. The van der Waals surface area contributed by atoms with E-state index in [2.05, 4.69) is 4.98 Å². The van der Waals surface area contributed by atoms with Gasteiger partial charge in [0.1, 0.15) is 11.3 Å². The minimum absolute atomic E-state index is 0.195. The summed E-state index contributed by atoms with van der Waals surface area (Å²) >= 11 is 0. The van der Waals surface area contributed by atoms with E-state index in [9.17, 15) is 24.3 Å². The van der Waals surface area contributed by atoms with Gasteiger partial charge in [-0.3, -0.25) is 9.36 Å². The van der Waals surface area contributed by atoms with E-state index in [1.54, 1.807) is 39.0 Å². The fraction of sp³-hybridized carbons (Fsp3) is 0.250. The van der Waals surface area contributed by atoms with E-state index >= 15 is 0 Å². The molecule has 0 unspecified atom stereocenters. The molecule has 0 aliphatic rings. The van der Waals surface area contributed by atoms with Crippen molar-refractivity contribution in [2.75, 3.05) is 6.61 Å². The summed E-state index contributed by atoms with van der Waals surface area (Å²) in [5.41, 5.74) is 4.46. The normalized spacial score (nSPS) is 11.4. The van der Waals surface area contributed by atoms with Crippen LogP contribution in [0.1, 0.15) is 66.0 Å². The summed E-state index contributed by atoms with van der Waals surface area (Å²) in [7, 11) is 0. The molecule has 9 heteroatoms. The quantitative estimate of drug-likeness (QED) is 0.0939. The summed E-state index contributed by atoms with van der Waals surface area (Å²) < 4.78 is 11.8. The van der Waals surface area contributed by atoms with Crippen molar-refractivity contribution in [1.29, 1.82) is 0 Å². The second-order valence-electron chi connectivity index (χ2n) is 10.6. The molecule has 0 aliphatic heterocycles. The van der Waals surface area contributed by atoms with Gasteiger partial charge < -0.3 is 14.6 Å². The number of hydrogen-bond acceptors (Lipinski definition) is 8. The first-order valence-electron chi connectivity index (χ1n) is 14.8. The number of hydrogen-bond donors (Lipinski definition) is 1. The molecule has 0 spiro atoms. The van der Waals surface area contributed by atoms with Gasteiger partial charge in [-0.05, 0) is 56.4 Å². The van der Waals surface area contributed by atoms with Crippen LogP contribution in [0.2, 0.25) is 0 Å². The number of rotatable bonds is 12. The van der Waals surface area contributed by atoms with Gasteiger partial charge in [0.15, 0.2) is 0 Å². The van der Waals surface area contributed by atoms with Gasteiger partial charge in [-0.25, -0.2) is 14.4 Å². The van der Waals surface area contributed by atoms with E-state index in [1.807, 2.05) is 67.6 Å². The number of ketones is 1. The van der Waals surface area contributed by atoms with E-state index in [0.717, 1.165) is 22.8 Å². The third-order valence-corrected chi connectivity index (χ3v) is 6.96. The predicted octanol–water partition coefficient (Wildman–Crippen LogP) is 5.71. The predicted molar refractivity (Wildman–Crippen MR) is 171 cm³/mol. The summed E-state index contributed by atoms with van der Waals surface area (Å²) in [5, 5.41) is 10.4. The van der Waals surface area contributed by atoms with E-state index in [0.29, 0.717) is 35.4 Å². The van der Waals surface area contributed by atoms with Crippen molar-refractivity contribution >= 4 is 23.5 Å². The minimum Gasteiger partial charge on any atom is -0.507 e. The minimum atomic E-state index is -1.03. The molecule has 1 N–H and O–H groups in total. The van der Waals surface area contributed by atoms with Crippen molar-refractivity contribution in [1.82, 2.24) is 9.55 Å². The Kier molecular flexibility index (Phi) is 10.8. The van der Waals surface area contributed by atoms with Crippen molar-refractivity contribution < 1.29 is 29.0 Å². The molecule has 0 bridgehead atoms. The molecule has 0 aliphatic carbocycles. The van der Waals surface area contributed by atoms with Crippen LogP contribution in [0.4, 0.5) is 0 Å². The lowest BCUT2D eigenvalue weighted by atomic mass is 10.0. The lowest BCUT2D eigenvalue weighted by molar-refractivity contribution is -0.154. The van der Waals surface area contributed by atoms with Crippen molar-refractivity contribution in [3.63, 3.8) is 0 Å². The molecular formula is C36H36N2O7. The molecule has 4 rings (SSSR count). The highest BCUT2D eigenvalue weighted by molar-refractivity contribution is 6.39. The summed E-state index contributed by atoms with van der Waals surface area (Å²) in [6.45, 7) is 7.31. The Morgan fingerprint density at radius 3 is 2.24 bits per heavy atom. The summed E-state index contributed by atoms with van der Waals surface area (Å²) in [5.74, 6) is -2.81. The summed E-state index contributed by atoms with van der Waals surface area (Å²) in [6, 6.07) is 23.9. The molecule has 0 fully saturated rings. The summed E-state index contributed by atoms with van der Waals surface area (Å²) in [4.78, 5) is 54.6. The number of aliphatic hydroxyl groups excluding tert-OH is 1. The number of carbonyl (C=O) groups is 3. The first kappa shape index (κ1) is 32.6. The van der Waals surface area contributed by atoms with Gasteiger partial charge in [0, 0.05) is 22.9 Å². The number of aliphatic hydroxyl groups is 1. The first-order valence-corrected chi connectivity index (χ1v) is 14.8. The van der Waals surface area contributed by atoms with Gasteiger partial charge in [0.25, 0.3) is 5.78 Å². The Balaban J connectivity index is 1.56. The van der Waals surface area contributed by atoms with Gasteiger partial charge in [0.05, 0.1) is 24.9 Å². The van der Waals surface area contributed by atoms with Crippen LogP contribution in [0, 0.1) is 0 Å². The molecule has 0 radical (unpaired) electrons. The van der Waals surface area contributed by atoms with Crippen molar-refractivity contribution in [3.8, 4) is 11.3 Å². The maximum absolute atomic E-state index is 13.3. The maximum Gasteiger partial charge on any atom is 0.379 e. The molecule has 1 heterocycles. The average molecular weight is 609 g/mol. The number of carbonyl (C=O) groups excluding carboxylic acids is 3. The SMILES string of the molecule is CCOC(=O)c1c(-c2ccccc2)nc(=O)n(Cc2ccc(Cc3cccc(/C(O)=C/C(=O)C(=O)OC(C)C)c3)cc2)c1CC. The molecular weight excluding hydrogens is 572 g/mol. The van der Waals surface area contributed by atoms with Crippen LogP contribution in [0.5, 0.6) is 0 Å². The highest BCUT2D eigenvalue weighted by Gasteiger charge is 2.24. The number of ether oxygens (including phenoxy) is 2. The second kappa shape index (κ2) is 14.9. The van der Waals surface area contributed by atoms with E-state index < -0.39 is 29.5 Å². The van der Waals surface area contributed by atoms with Crippen LogP contribution in [0.25, 0.3) is 17.0 Å². The molecule has 9 nitrogen and oxygen atoms in total. The highest BCUT2D eigenvalue weighted by atomic mass is 16.5. The molecule has 3 aromatic carbocycles. The lowest BCUT2D eigenvalue weighted by Gasteiger charge is -2.18. The zero-order valence-electron chi connectivity index (χ0n) is 25.8. The van der Waals surface area contributed by atoms with E-state index in [1.165, 1.54) is 4.57 Å². The third kappa shape index (κ3) is 8.20. The van der Waals surface area contributed by atoms with E-state index in [4.69, 9.17) is 9.47 Å². The van der Waals surface area contributed by atoms with Crippen molar-refractivity contribution in [2.24, 2.45) is 0 Å². The maximum atomic E-state index is 13.3. The fourth-order valence-electron chi connectivity index (χ4n) is 4.91. The third-order valence-electron chi connectivity index (χ3n) is 6.96. The highest BCUT2D eigenvalue weighted by Crippen LogP contribution is 2.25. The van der Waals surface area contributed by atoms with Crippen molar-refractivity contribution in [3.05, 3.63) is 129 Å². The smallest absolute Gasteiger partial charge is 0.379 e. The number of nitrogens with zero attached hydrogens (tertiary/aromatic N) is 2. The Morgan fingerprint density at radius 2 is 1.60 bits per heavy atom. The van der Waals surface area contributed by atoms with Crippen molar-refractivity contribution in [2.45, 2.75) is 53.2 Å². The Morgan fingerprint density at radius 1 is 0.911 bits per heavy atom. The van der Waals surface area contributed by atoms with Crippen LogP contribution in [-0.2, 0) is 38.4 Å². The molecule has 4 aromatic rings. The van der Waals surface area contributed by atoms with E-state index in [-0.39, 0.29) is 24.5 Å². The molecule has 0 amide bonds. The van der Waals surface area contributed by atoms with Crippen LogP contribution >= 0.6 is 0 Å². The van der Waals surface area contributed by atoms with Crippen LogP contribution in [0.3, 0.4) is 0 Å². The molecule has 0 saturated carbocycles. The van der Waals surface area contributed by atoms with Gasteiger partial charge >= 0.3 is 17.6 Å². The van der Waals surface area contributed by atoms with Gasteiger partial charge in [-0.1, -0.05) is 79.7 Å². The Labute approximate surface area is 261 Å². The molecule has 0 atom stereocenters. The van der Waals surface area contributed by atoms with Crippen LogP contribution in [-0.4, -0.2) is 45.1 Å². The molecule has 1 aromatic heterocycles. The Hall–Kier alpha value is -5.31. The van der Waals surface area contributed by atoms with Crippen LogP contribution < -0.4 is 5.69 Å². The topological polar surface area (TPSA) is 125 Å². The molecule has 0 saturated heterocycles. The summed E-state index contributed by atoms with van der Waals surface area (Å²) in [6.07, 6.45) is 1.37. The fourth-order valence-corrected chi connectivity index (χ4v) is 4.91. The monoisotopic (exact) mass is 608 g/mol. The van der Waals surface area contributed by atoms with Gasteiger partial charge in [0.2, 0.25) is 0 Å². The van der Waals surface area contributed by atoms with Gasteiger partial charge in [-0.2, -0.15) is 4.98 Å².